The van der Waals surface area contributed by atoms with Crippen LogP contribution in [0, 0.1) is 12.4 Å². The number of halogens is 1. The van der Waals surface area contributed by atoms with Crippen LogP contribution < -0.4 is 5.32 Å². The molecule has 25 heavy (non-hydrogen) atoms. The monoisotopic (exact) mass is 332 g/mol. The minimum atomic E-state index is -1.06. The summed E-state index contributed by atoms with van der Waals surface area (Å²) >= 11 is 0. The molecule has 4 nitrogen and oxygen atoms in total. The van der Waals surface area contributed by atoms with Crippen LogP contribution >= 0.6 is 0 Å². The first-order valence-corrected chi connectivity index (χ1v) is 7.44. The number of aromatic carboxylic acids is 1. The summed E-state index contributed by atoms with van der Waals surface area (Å²) in [6.45, 7) is 7.11. The zero-order chi connectivity index (χ0) is 17.8. The summed E-state index contributed by atoms with van der Waals surface area (Å²) in [5, 5.41) is 12.4. The topological polar surface area (TPSA) is 53.7 Å². The number of carboxylic acid groups (broad SMARTS) is 1. The van der Waals surface area contributed by atoms with Crippen molar-refractivity contribution in [3.05, 3.63) is 89.5 Å². The van der Waals surface area contributed by atoms with Crippen molar-refractivity contribution in [1.82, 2.24) is 0 Å². The highest BCUT2D eigenvalue weighted by Crippen LogP contribution is 2.30. The Kier molecular flexibility index (Phi) is 4.44. The maximum absolute atomic E-state index is 13.0. The summed E-state index contributed by atoms with van der Waals surface area (Å²) in [6.07, 6.45) is 0. The summed E-state index contributed by atoms with van der Waals surface area (Å²) < 4.78 is 13.0. The normalized spacial score (nSPS) is 10.1. The van der Waals surface area contributed by atoms with E-state index >= 15 is 0 Å². The van der Waals surface area contributed by atoms with Crippen molar-refractivity contribution in [3.8, 4) is 11.1 Å². The third kappa shape index (κ3) is 3.65. The lowest BCUT2D eigenvalue weighted by molar-refractivity contribution is 0.0698. The van der Waals surface area contributed by atoms with Gasteiger partial charge in [0.2, 0.25) is 0 Å². The summed E-state index contributed by atoms with van der Waals surface area (Å²) in [5.74, 6) is -1.43. The second-order valence-electron chi connectivity index (χ2n) is 5.36. The van der Waals surface area contributed by atoms with Gasteiger partial charge in [0.15, 0.2) is 5.69 Å². The molecule has 0 saturated heterocycles. The van der Waals surface area contributed by atoms with Crippen LogP contribution in [0.2, 0.25) is 0 Å². The van der Waals surface area contributed by atoms with Crippen molar-refractivity contribution < 1.29 is 14.3 Å². The van der Waals surface area contributed by atoms with E-state index in [2.05, 4.69) is 10.2 Å². The van der Waals surface area contributed by atoms with Crippen molar-refractivity contribution in [3.63, 3.8) is 0 Å². The molecule has 0 heterocycles. The van der Waals surface area contributed by atoms with E-state index < -0.39 is 5.97 Å². The van der Waals surface area contributed by atoms with Crippen LogP contribution in [0.5, 0.6) is 0 Å². The van der Waals surface area contributed by atoms with Gasteiger partial charge in [-0.3, -0.25) is 0 Å². The largest absolute Gasteiger partial charge is 0.478 e. The average molecular weight is 332 g/mol. The molecule has 0 aliphatic rings. The van der Waals surface area contributed by atoms with E-state index in [0.29, 0.717) is 17.1 Å². The molecule has 0 bridgehead atoms. The SMILES string of the molecule is [C-]#[N+]c1cccc(-c2ccc(C(=O)O)c(Nc3ccc(F)cc3)c2)c1. The molecule has 0 aromatic heterocycles. The molecule has 0 aliphatic heterocycles. The number of hydrogen-bond acceptors (Lipinski definition) is 2. The van der Waals surface area contributed by atoms with Crippen LogP contribution in [0.25, 0.3) is 16.0 Å². The molecule has 0 fully saturated rings. The summed E-state index contributed by atoms with van der Waals surface area (Å²) in [6, 6.07) is 17.7. The van der Waals surface area contributed by atoms with Crippen LogP contribution in [-0.2, 0) is 0 Å². The van der Waals surface area contributed by atoms with Crippen molar-refractivity contribution in [1.29, 1.82) is 0 Å². The van der Waals surface area contributed by atoms with Gasteiger partial charge in [0.05, 0.1) is 17.8 Å². The van der Waals surface area contributed by atoms with Crippen LogP contribution in [0.3, 0.4) is 0 Å². The number of benzene rings is 3. The fourth-order valence-corrected chi connectivity index (χ4v) is 2.46. The highest BCUT2D eigenvalue weighted by atomic mass is 19.1. The van der Waals surface area contributed by atoms with Crippen LogP contribution in [0.4, 0.5) is 21.5 Å². The predicted octanol–water partition coefficient (Wildman–Crippen LogP) is 5.49. The van der Waals surface area contributed by atoms with E-state index in [1.165, 1.54) is 30.3 Å². The fourth-order valence-electron chi connectivity index (χ4n) is 2.46. The maximum atomic E-state index is 13.0. The molecule has 0 saturated carbocycles. The lowest BCUT2D eigenvalue weighted by atomic mass is 10.0. The Bertz CT molecular complexity index is 976. The van der Waals surface area contributed by atoms with Gasteiger partial charge in [-0.15, -0.1) is 0 Å². The van der Waals surface area contributed by atoms with Gasteiger partial charge in [0.1, 0.15) is 5.82 Å². The van der Waals surface area contributed by atoms with Gasteiger partial charge in [0.25, 0.3) is 0 Å². The van der Waals surface area contributed by atoms with E-state index in [1.807, 2.05) is 6.07 Å². The molecule has 3 aromatic carbocycles. The lowest BCUT2D eigenvalue weighted by Crippen LogP contribution is -2.03. The Morgan fingerprint density at radius 3 is 2.40 bits per heavy atom. The molecule has 0 unspecified atom stereocenters. The van der Waals surface area contributed by atoms with Crippen molar-refractivity contribution in [2.24, 2.45) is 0 Å². The zero-order valence-corrected chi connectivity index (χ0v) is 13.0. The third-order valence-corrected chi connectivity index (χ3v) is 3.68. The van der Waals surface area contributed by atoms with E-state index in [9.17, 15) is 14.3 Å². The molecule has 3 aromatic rings. The summed E-state index contributed by atoms with van der Waals surface area (Å²) in [5.41, 5.74) is 3.18. The van der Waals surface area contributed by atoms with Crippen LogP contribution in [0.1, 0.15) is 10.4 Å². The number of nitrogens with one attached hydrogen (secondary N) is 1. The van der Waals surface area contributed by atoms with E-state index in [4.69, 9.17) is 6.57 Å². The number of nitrogens with zero attached hydrogens (tertiary/aromatic N) is 1. The molecule has 0 atom stereocenters. The number of carbonyl (C=O) groups is 1. The molecule has 3 rings (SSSR count). The standard InChI is InChI=1S/C20H13FN2O2/c1-22-17-4-2-3-13(11-17)14-5-10-18(20(24)25)19(12-14)23-16-8-6-15(21)7-9-16/h2-12,23H,(H,24,25). The summed E-state index contributed by atoms with van der Waals surface area (Å²) in [7, 11) is 0. The minimum absolute atomic E-state index is 0.106. The van der Waals surface area contributed by atoms with Gasteiger partial charge in [-0.1, -0.05) is 24.3 Å². The number of hydrogen-bond donors (Lipinski definition) is 2. The van der Waals surface area contributed by atoms with Crippen LogP contribution in [-0.4, -0.2) is 11.1 Å². The molecular formula is C20H13FN2O2. The molecule has 0 spiro atoms. The Morgan fingerprint density at radius 2 is 1.72 bits per heavy atom. The lowest BCUT2D eigenvalue weighted by Gasteiger charge is -2.12. The fraction of sp³-hybridized carbons (Fsp3) is 0. The Balaban J connectivity index is 2.04. The van der Waals surface area contributed by atoms with Crippen molar-refractivity contribution >= 4 is 23.0 Å². The molecular weight excluding hydrogens is 319 g/mol. The Hall–Kier alpha value is -3.65. The van der Waals surface area contributed by atoms with Gasteiger partial charge in [-0.05, 0) is 53.6 Å². The first kappa shape index (κ1) is 16.2. The molecule has 5 heteroatoms. The van der Waals surface area contributed by atoms with Crippen molar-refractivity contribution in [2.45, 2.75) is 0 Å². The van der Waals surface area contributed by atoms with E-state index in [-0.39, 0.29) is 11.4 Å². The minimum Gasteiger partial charge on any atom is -0.478 e. The molecule has 122 valence electrons. The predicted molar refractivity (Wildman–Crippen MR) is 94.8 cm³/mol. The molecule has 0 aliphatic carbocycles. The number of carboxylic acids is 1. The second kappa shape index (κ2) is 6.85. The summed E-state index contributed by atoms with van der Waals surface area (Å²) in [4.78, 5) is 14.9. The molecule has 0 amide bonds. The Labute approximate surface area is 144 Å². The third-order valence-electron chi connectivity index (χ3n) is 3.68. The highest BCUT2D eigenvalue weighted by Gasteiger charge is 2.12. The van der Waals surface area contributed by atoms with Gasteiger partial charge in [0, 0.05) is 5.69 Å². The quantitative estimate of drug-likeness (QED) is 0.622. The Morgan fingerprint density at radius 1 is 1.00 bits per heavy atom. The zero-order valence-electron chi connectivity index (χ0n) is 13.0. The number of anilines is 2. The van der Waals surface area contributed by atoms with Crippen LogP contribution in [0.15, 0.2) is 66.7 Å². The van der Waals surface area contributed by atoms with Gasteiger partial charge < -0.3 is 10.4 Å². The van der Waals surface area contributed by atoms with Gasteiger partial charge >= 0.3 is 5.97 Å². The molecule has 2 N–H and O–H groups in total. The van der Waals surface area contributed by atoms with E-state index in [0.717, 1.165) is 11.1 Å². The second-order valence-corrected chi connectivity index (χ2v) is 5.36. The first-order chi connectivity index (χ1) is 12.1. The number of rotatable bonds is 4. The highest BCUT2D eigenvalue weighted by molar-refractivity contribution is 5.96. The van der Waals surface area contributed by atoms with E-state index in [1.54, 1.807) is 30.3 Å². The first-order valence-electron chi connectivity index (χ1n) is 7.44. The average Bonchev–Trinajstić information content (AvgIpc) is 2.63. The maximum Gasteiger partial charge on any atom is 0.337 e. The van der Waals surface area contributed by atoms with Crippen molar-refractivity contribution in [2.75, 3.05) is 5.32 Å². The van der Waals surface area contributed by atoms with Gasteiger partial charge in [-0.25, -0.2) is 14.0 Å². The molecule has 0 radical (unpaired) electrons. The smallest absolute Gasteiger partial charge is 0.337 e. The van der Waals surface area contributed by atoms with Gasteiger partial charge in [-0.2, -0.15) is 0 Å².